The normalized spacial score (nSPS) is 12.0. The molecule has 236 valence electrons. The Morgan fingerprint density at radius 2 is 1.36 bits per heavy atom. The third-order valence-electron chi connectivity index (χ3n) is 6.92. The molecule has 1 unspecified atom stereocenters. The molecule has 0 aliphatic heterocycles. The zero-order valence-electron chi connectivity index (χ0n) is 25.2. The first-order chi connectivity index (χ1) is 21.5. The van der Waals surface area contributed by atoms with Crippen molar-refractivity contribution in [2.24, 2.45) is 0 Å². The highest BCUT2D eigenvalue weighted by Crippen LogP contribution is 2.30. The molecule has 4 aromatic carbocycles. The number of rotatable bonds is 13. The largest absolute Gasteiger partial charge is 0.457 e. The van der Waals surface area contributed by atoms with Crippen molar-refractivity contribution in [1.29, 1.82) is 0 Å². The predicted octanol–water partition coefficient (Wildman–Crippen LogP) is 7.31. The number of ether oxygens (including phenoxy) is 1. The van der Waals surface area contributed by atoms with Crippen molar-refractivity contribution >= 4 is 50.7 Å². The molecule has 0 aromatic heterocycles. The van der Waals surface area contributed by atoms with E-state index in [-0.39, 0.29) is 35.5 Å². The van der Waals surface area contributed by atoms with Crippen LogP contribution in [0.15, 0.2) is 108 Å². The molecule has 4 rings (SSSR count). The van der Waals surface area contributed by atoms with Gasteiger partial charge in [0.2, 0.25) is 11.8 Å². The van der Waals surface area contributed by atoms with Gasteiger partial charge in [-0.15, -0.1) is 0 Å². The fourth-order valence-corrected chi connectivity index (χ4v) is 6.66. The highest BCUT2D eigenvalue weighted by atomic mass is 35.5. The van der Waals surface area contributed by atoms with Gasteiger partial charge in [-0.05, 0) is 80.9 Å². The standard InChI is InChI=1S/C34H35Cl2N3O5S/c1-4-32(34(41)37-24(2)3)38(22-29-30(35)16-11-17-31(29)36)33(40)23-39(45(42,43)28-14-9-6-10-15-28)25-18-20-27(21-19-25)44-26-12-7-5-8-13-26/h5-21,24,32H,4,22-23H2,1-3H3,(H,37,41). The van der Waals surface area contributed by atoms with E-state index in [9.17, 15) is 18.0 Å². The van der Waals surface area contributed by atoms with E-state index in [1.54, 1.807) is 79.7 Å². The Bertz CT molecular complexity index is 1680. The molecule has 0 aliphatic carbocycles. The third-order valence-corrected chi connectivity index (χ3v) is 9.42. The van der Waals surface area contributed by atoms with Crippen LogP contribution in [0.2, 0.25) is 10.0 Å². The van der Waals surface area contributed by atoms with Gasteiger partial charge in [0, 0.05) is 28.2 Å². The van der Waals surface area contributed by atoms with E-state index in [0.717, 1.165) is 4.31 Å². The molecule has 1 atom stereocenters. The maximum absolute atomic E-state index is 14.3. The van der Waals surface area contributed by atoms with Gasteiger partial charge in [0.05, 0.1) is 10.6 Å². The van der Waals surface area contributed by atoms with Gasteiger partial charge < -0.3 is 15.0 Å². The minimum absolute atomic E-state index is 0.00713. The second-order valence-electron chi connectivity index (χ2n) is 10.5. The van der Waals surface area contributed by atoms with E-state index in [1.807, 2.05) is 32.0 Å². The average Bonchev–Trinajstić information content (AvgIpc) is 3.02. The summed E-state index contributed by atoms with van der Waals surface area (Å²) in [4.78, 5) is 28.9. The topological polar surface area (TPSA) is 96.0 Å². The van der Waals surface area contributed by atoms with Crippen LogP contribution < -0.4 is 14.4 Å². The molecule has 8 nitrogen and oxygen atoms in total. The van der Waals surface area contributed by atoms with Crippen LogP contribution in [-0.4, -0.2) is 43.8 Å². The molecular weight excluding hydrogens is 633 g/mol. The van der Waals surface area contributed by atoms with Gasteiger partial charge in [-0.2, -0.15) is 0 Å². The average molecular weight is 669 g/mol. The highest BCUT2D eigenvalue weighted by Gasteiger charge is 2.34. The third kappa shape index (κ3) is 8.57. The fraction of sp³-hybridized carbons (Fsp3) is 0.235. The summed E-state index contributed by atoms with van der Waals surface area (Å²) < 4.78 is 35.0. The molecule has 0 heterocycles. The molecule has 0 bridgehead atoms. The number of amides is 2. The van der Waals surface area contributed by atoms with Crippen molar-refractivity contribution in [3.05, 3.63) is 119 Å². The lowest BCUT2D eigenvalue weighted by Crippen LogP contribution is -2.53. The molecule has 45 heavy (non-hydrogen) atoms. The van der Waals surface area contributed by atoms with E-state index in [2.05, 4.69) is 5.32 Å². The smallest absolute Gasteiger partial charge is 0.264 e. The second-order valence-corrected chi connectivity index (χ2v) is 13.2. The Morgan fingerprint density at radius 1 is 0.800 bits per heavy atom. The molecule has 1 N–H and O–H groups in total. The van der Waals surface area contributed by atoms with E-state index < -0.39 is 28.5 Å². The van der Waals surface area contributed by atoms with Crippen LogP contribution in [0, 0.1) is 0 Å². The lowest BCUT2D eigenvalue weighted by Gasteiger charge is -2.34. The summed E-state index contributed by atoms with van der Waals surface area (Å²) in [6.45, 7) is 4.72. The van der Waals surface area contributed by atoms with Crippen LogP contribution in [0.25, 0.3) is 0 Å². The summed E-state index contributed by atoms with van der Waals surface area (Å²) >= 11 is 13.0. The number of carbonyl (C=O) groups is 2. The molecule has 0 spiro atoms. The molecule has 4 aromatic rings. The number of anilines is 1. The highest BCUT2D eigenvalue weighted by molar-refractivity contribution is 7.92. The first kappa shape index (κ1) is 33.8. The van der Waals surface area contributed by atoms with Gasteiger partial charge >= 0.3 is 0 Å². The quantitative estimate of drug-likeness (QED) is 0.161. The first-order valence-electron chi connectivity index (χ1n) is 14.4. The first-order valence-corrected chi connectivity index (χ1v) is 16.6. The van der Waals surface area contributed by atoms with Crippen molar-refractivity contribution in [3.63, 3.8) is 0 Å². The van der Waals surface area contributed by atoms with Crippen LogP contribution in [-0.2, 0) is 26.2 Å². The molecule has 2 amide bonds. The summed E-state index contributed by atoms with van der Waals surface area (Å²) in [5.74, 6) is 0.123. The number of nitrogens with one attached hydrogen (secondary N) is 1. The van der Waals surface area contributed by atoms with Gasteiger partial charge in [0.25, 0.3) is 10.0 Å². The maximum atomic E-state index is 14.3. The Labute approximate surface area is 274 Å². The van der Waals surface area contributed by atoms with Crippen molar-refractivity contribution in [2.75, 3.05) is 10.8 Å². The Hall–Kier alpha value is -4.05. The monoisotopic (exact) mass is 667 g/mol. The fourth-order valence-electron chi connectivity index (χ4n) is 4.71. The molecule has 11 heteroatoms. The Balaban J connectivity index is 1.74. The van der Waals surface area contributed by atoms with Crippen LogP contribution in [0.3, 0.4) is 0 Å². The zero-order valence-corrected chi connectivity index (χ0v) is 27.5. The molecule has 0 saturated heterocycles. The summed E-state index contributed by atoms with van der Waals surface area (Å²) in [5.41, 5.74) is 0.688. The number of hydrogen-bond acceptors (Lipinski definition) is 5. The van der Waals surface area contributed by atoms with Gasteiger partial charge in [-0.1, -0.05) is 72.6 Å². The van der Waals surface area contributed by atoms with Crippen LogP contribution >= 0.6 is 23.2 Å². The summed E-state index contributed by atoms with van der Waals surface area (Å²) in [6, 6.07) is 27.3. The molecule has 0 radical (unpaired) electrons. The number of para-hydroxylation sites is 1. The molecule has 0 fully saturated rings. The van der Waals surface area contributed by atoms with Crippen molar-refractivity contribution in [1.82, 2.24) is 10.2 Å². The van der Waals surface area contributed by atoms with Crippen molar-refractivity contribution < 1.29 is 22.7 Å². The van der Waals surface area contributed by atoms with E-state index in [1.165, 1.54) is 17.0 Å². The minimum Gasteiger partial charge on any atom is -0.457 e. The predicted molar refractivity (Wildman–Crippen MR) is 178 cm³/mol. The van der Waals surface area contributed by atoms with Crippen LogP contribution in [0.5, 0.6) is 11.5 Å². The van der Waals surface area contributed by atoms with Gasteiger partial charge in [-0.25, -0.2) is 8.42 Å². The van der Waals surface area contributed by atoms with Gasteiger partial charge in [0.15, 0.2) is 0 Å². The van der Waals surface area contributed by atoms with Crippen LogP contribution in [0.1, 0.15) is 32.8 Å². The number of hydrogen-bond donors (Lipinski definition) is 1. The number of halogens is 2. The lowest BCUT2D eigenvalue weighted by atomic mass is 10.1. The van der Waals surface area contributed by atoms with Crippen molar-refractivity contribution in [2.45, 2.75) is 50.7 Å². The number of sulfonamides is 1. The second kappa shape index (κ2) is 15.3. The minimum atomic E-state index is -4.22. The Kier molecular flexibility index (Phi) is 11.5. The molecular formula is C34H35Cl2N3O5S. The number of nitrogens with zero attached hydrogens (tertiary/aromatic N) is 2. The molecule has 0 saturated carbocycles. The number of benzene rings is 4. The van der Waals surface area contributed by atoms with E-state index in [4.69, 9.17) is 27.9 Å². The summed E-state index contributed by atoms with van der Waals surface area (Å²) in [5, 5.41) is 3.51. The van der Waals surface area contributed by atoms with Crippen LogP contribution in [0.4, 0.5) is 5.69 Å². The summed E-state index contributed by atoms with van der Waals surface area (Å²) in [6.07, 6.45) is 0.267. The van der Waals surface area contributed by atoms with E-state index in [0.29, 0.717) is 27.1 Å². The number of carbonyl (C=O) groups excluding carboxylic acids is 2. The SMILES string of the molecule is CCC(C(=O)NC(C)C)N(Cc1c(Cl)cccc1Cl)C(=O)CN(c1ccc(Oc2ccccc2)cc1)S(=O)(=O)c1ccccc1. The van der Waals surface area contributed by atoms with Crippen molar-refractivity contribution in [3.8, 4) is 11.5 Å². The lowest BCUT2D eigenvalue weighted by molar-refractivity contribution is -0.140. The van der Waals surface area contributed by atoms with E-state index >= 15 is 0 Å². The summed E-state index contributed by atoms with van der Waals surface area (Å²) in [7, 11) is -4.22. The van der Waals surface area contributed by atoms with Gasteiger partial charge in [0.1, 0.15) is 24.1 Å². The zero-order chi connectivity index (χ0) is 32.6. The Morgan fingerprint density at radius 3 is 1.91 bits per heavy atom. The van der Waals surface area contributed by atoms with Gasteiger partial charge in [-0.3, -0.25) is 13.9 Å². The maximum Gasteiger partial charge on any atom is 0.264 e. The molecule has 0 aliphatic rings.